The van der Waals surface area contributed by atoms with Crippen molar-refractivity contribution in [2.75, 3.05) is 6.61 Å². The minimum atomic E-state index is 0.165. The van der Waals surface area contributed by atoms with Crippen molar-refractivity contribution < 1.29 is 10.3 Å². The zero-order valence-electron chi connectivity index (χ0n) is 5.25. The summed E-state index contributed by atoms with van der Waals surface area (Å²) in [5.41, 5.74) is 5.13. The van der Waals surface area contributed by atoms with Crippen molar-refractivity contribution in [3.8, 4) is 0 Å². The van der Waals surface area contributed by atoms with Crippen LogP contribution in [0.1, 0.15) is 19.3 Å². The minimum absolute atomic E-state index is 0.165. The van der Waals surface area contributed by atoms with E-state index in [9.17, 15) is 0 Å². The maximum absolute atomic E-state index is 8.31. The quantitative estimate of drug-likeness (QED) is 0.164. The van der Waals surface area contributed by atoms with Crippen LogP contribution in [0.3, 0.4) is 0 Å². The van der Waals surface area contributed by atoms with E-state index in [1.54, 1.807) is 0 Å². The average molecular weight is 132 g/mol. The molecule has 54 valence electrons. The first-order valence-electron chi connectivity index (χ1n) is 2.88. The molecule has 0 bridgehead atoms. The second-order valence-electron chi connectivity index (χ2n) is 1.77. The first-order valence-corrected chi connectivity index (χ1v) is 2.88. The summed E-state index contributed by atoms with van der Waals surface area (Å²) in [6, 6.07) is 0. The van der Waals surface area contributed by atoms with E-state index in [0.717, 1.165) is 6.42 Å². The van der Waals surface area contributed by atoms with Crippen LogP contribution in [0.5, 0.6) is 0 Å². The molecule has 0 saturated carbocycles. The maximum Gasteiger partial charge on any atom is 0.139 e. The molecule has 0 aromatic heterocycles. The highest BCUT2D eigenvalue weighted by Gasteiger charge is 1.90. The summed E-state index contributed by atoms with van der Waals surface area (Å²) in [7, 11) is 0. The molecule has 4 heteroatoms. The van der Waals surface area contributed by atoms with Gasteiger partial charge in [0.05, 0.1) is 0 Å². The van der Waals surface area contributed by atoms with Gasteiger partial charge in [0.1, 0.15) is 5.84 Å². The normalized spacial score (nSPS) is 11.9. The van der Waals surface area contributed by atoms with Crippen LogP contribution in [0.4, 0.5) is 0 Å². The summed E-state index contributed by atoms with van der Waals surface area (Å²) in [5, 5.41) is 19.1. The number of aliphatic hydroxyl groups is 1. The molecule has 0 aromatic rings. The Morgan fingerprint density at radius 1 is 1.44 bits per heavy atom. The Kier molecular flexibility index (Phi) is 4.91. The second-order valence-corrected chi connectivity index (χ2v) is 1.77. The minimum Gasteiger partial charge on any atom is -0.409 e. The fourth-order valence-electron chi connectivity index (χ4n) is 0.468. The molecule has 0 amide bonds. The van der Waals surface area contributed by atoms with Crippen LogP contribution in [0.15, 0.2) is 5.16 Å². The molecule has 4 nitrogen and oxygen atoms in total. The first kappa shape index (κ1) is 8.23. The van der Waals surface area contributed by atoms with Gasteiger partial charge in [-0.1, -0.05) is 5.16 Å². The lowest BCUT2D eigenvalue weighted by atomic mass is 10.2. The fourth-order valence-corrected chi connectivity index (χ4v) is 0.468. The first-order chi connectivity index (χ1) is 4.31. The van der Waals surface area contributed by atoms with Gasteiger partial charge in [-0.25, -0.2) is 0 Å². The molecule has 0 rings (SSSR count). The van der Waals surface area contributed by atoms with Gasteiger partial charge in [0.25, 0.3) is 0 Å². The van der Waals surface area contributed by atoms with Crippen LogP contribution in [0.25, 0.3) is 0 Å². The van der Waals surface area contributed by atoms with E-state index in [1.165, 1.54) is 0 Å². The zero-order chi connectivity index (χ0) is 7.11. The van der Waals surface area contributed by atoms with Gasteiger partial charge < -0.3 is 16.0 Å². The lowest BCUT2D eigenvalue weighted by Gasteiger charge is -1.94. The van der Waals surface area contributed by atoms with E-state index in [4.69, 9.17) is 16.0 Å². The Morgan fingerprint density at radius 3 is 2.56 bits per heavy atom. The summed E-state index contributed by atoms with van der Waals surface area (Å²) >= 11 is 0. The largest absolute Gasteiger partial charge is 0.409 e. The summed E-state index contributed by atoms with van der Waals surface area (Å²) in [5.74, 6) is 0.225. The van der Waals surface area contributed by atoms with Gasteiger partial charge in [-0.3, -0.25) is 0 Å². The predicted molar refractivity (Wildman–Crippen MR) is 34.3 cm³/mol. The van der Waals surface area contributed by atoms with Crippen molar-refractivity contribution in [1.29, 1.82) is 0 Å². The van der Waals surface area contributed by atoms with E-state index < -0.39 is 0 Å². The average Bonchev–Trinajstić information content (AvgIpc) is 1.89. The van der Waals surface area contributed by atoms with Crippen LogP contribution in [-0.2, 0) is 0 Å². The van der Waals surface area contributed by atoms with Crippen molar-refractivity contribution in [1.82, 2.24) is 0 Å². The van der Waals surface area contributed by atoms with Crippen molar-refractivity contribution >= 4 is 5.84 Å². The van der Waals surface area contributed by atoms with Crippen molar-refractivity contribution in [2.45, 2.75) is 19.3 Å². The monoisotopic (exact) mass is 132 g/mol. The number of amidine groups is 1. The van der Waals surface area contributed by atoms with Gasteiger partial charge in [0.15, 0.2) is 0 Å². The van der Waals surface area contributed by atoms with Crippen LogP contribution in [-0.4, -0.2) is 22.8 Å². The summed E-state index contributed by atoms with van der Waals surface area (Å²) in [4.78, 5) is 0. The van der Waals surface area contributed by atoms with Gasteiger partial charge in [-0.2, -0.15) is 0 Å². The molecule has 0 aromatic carbocycles. The molecular weight excluding hydrogens is 120 g/mol. The molecule has 0 fully saturated rings. The second kappa shape index (κ2) is 5.37. The van der Waals surface area contributed by atoms with E-state index >= 15 is 0 Å². The molecule has 0 radical (unpaired) electrons. The summed E-state index contributed by atoms with van der Waals surface area (Å²) in [6.07, 6.45) is 2.03. The highest BCUT2D eigenvalue weighted by molar-refractivity contribution is 5.79. The van der Waals surface area contributed by atoms with Crippen molar-refractivity contribution in [3.05, 3.63) is 0 Å². The zero-order valence-corrected chi connectivity index (χ0v) is 5.25. The smallest absolute Gasteiger partial charge is 0.139 e. The highest BCUT2D eigenvalue weighted by Crippen LogP contribution is 1.92. The third-order valence-corrected chi connectivity index (χ3v) is 0.969. The number of hydrogen-bond donors (Lipinski definition) is 3. The SMILES string of the molecule is N/C(CCCCO)=N/O. The van der Waals surface area contributed by atoms with E-state index in [-0.39, 0.29) is 12.4 Å². The molecular formula is C5H12N2O2. The number of nitrogens with two attached hydrogens (primary N) is 1. The molecule has 0 heterocycles. The Bertz CT molecular complexity index is 93.0. The van der Waals surface area contributed by atoms with Gasteiger partial charge in [0, 0.05) is 13.0 Å². The number of rotatable bonds is 4. The predicted octanol–water partition coefficient (Wildman–Crippen LogP) is -0.105. The molecule has 9 heavy (non-hydrogen) atoms. The molecule has 0 aliphatic heterocycles. The number of unbranched alkanes of at least 4 members (excludes halogenated alkanes) is 1. The van der Waals surface area contributed by atoms with Crippen LogP contribution >= 0.6 is 0 Å². The van der Waals surface area contributed by atoms with Crippen LogP contribution in [0.2, 0.25) is 0 Å². The maximum atomic E-state index is 8.31. The molecule has 4 N–H and O–H groups in total. The number of oxime groups is 1. The Morgan fingerprint density at radius 2 is 2.11 bits per heavy atom. The van der Waals surface area contributed by atoms with Gasteiger partial charge >= 0.3 is 0 Å². The standard InChI is InChI=1S/C5H12N2O2/c6-5(7-9)3-1-2-4-8/h8-9H,1-4H2,(H2,6,7). The highest BCUT2D eigenvalue weighted by atomic mass is 16.4. The summed E-state index contributed by atoms with van der Waals surface area (Å²) in [6.45, 7) is 0.165. The third-order valence-electron chi connectivity index (χ3n) is 0.969. The number of nitrogens with zero attached hydrogens (tertiary/aromatic N) is 1. The fraction of sp³-hybridized carbons (Fsp3) is 0.800. The molecule has 0 unspecified atom stereocenters. The Labute approximate surface area is 54.0 Å². The molecule has 0 aliphatic rings. The van der Waals surface area contributed by atoms with Crippen molar-refractivity contribution in [2.24, 2.45) is 10.9 Å². The Balaban J connectivity index is 3.07. The molecule has 0 spiro atoms. The van der Waals surface area contributed by atoms with Crippen molar-refractivity contribution in [3.63, 3.8) is 0 Å². The van der Waals surface area contributed by atoms with Gasteiger partial charge in [-0.05, 0) is 12.8 Å². The van der Waals surface area contributed by atoms with Crippen LogP contribution < -0.4 is 5.73 Å². The van der Waals surface area contributed by atoms with Gasteiger partial charge in [-0.15, -0.1) is 0 Å². The number of aliphatic hydroxyl groups excluding tert-OH is 1. The molecule has 0 atom stereocenters. The topological polar surface area (TPSA) is 78.8 Å². The van der Waals surface area contributed by atoms with E-state index in [1.807, 2.05) is 0 Å². The van der Waals surface area contributed by atoms with Crippen LogP contribution in [0, 0.1) is 0 Å². The lowest BCUT2D eigenvalue weighted by Crippen LogP contribution is -2.10. The third kappa shape index (κ3) is 5.10. The molecule has 0 saturated heterocycles. The Hall–Kier alpha value is -0.770. The lowest BCUT2D eigenvalue weighted by molar-refractivity contribution is 0.284. The molecule has 0 aliphatic carbocycles. The van der Waals surface area contributed by atoms with E-state index in [2.05, 4.69) is 5.16 Å². The number of hydrogen-bond acceptors (Lipinski definition) is 3. The van der Waals surface area contributed by atoms with E-state index in [0.29, 0.717) is 12.8 Å². The van der Waals surface area contributed by atoms with Gasteiger partial charge in [0.2, 0.25) is 0 Å². The summed E-state index contributed by atoms with van der Waals surface area (Å²) < 4.78 is 0.